The van der Waals surface area contributed by atoms with Crippen molar-refractivity contribution in [1.82, 2.24) is 9.80 Å². The lowest BCUT2D eigenvalue weighted by Gasteiger charge is -2.41. The summed E-state index contributed by atoms with van der Waals surface area (Å²) in [6, 6.07) is 31.1. The number of aliphatic hydroxyl groups excluding tert-OH is 1. The topological polar surface area (TPSA) is 97.8 Å². The van der Waals surface area contributed by atoms with Gasteiger partial charge in [-0.05, 0) is 52.1 Å². The van der Waals surface area contributed by atoms with Crippen molar-refractivity contribution < 1.29 is 33.6 Å². The van der Waals surface area contributed by atoms with E-state index in [0.29, 0.717) is 30.8 Å². The van der Waals surface area contributed by atoms with Crippen LogP contribution < -0.4 is 0 Å². The van der Waals surface area contributed by atoms with Gasteiger partial charge in [-0.25, -0.2) is 0 Å². The van der Waals surface area contributed by atoms with Crippen LogP contribution >= 0.6 is 0 Å². The zero-order valence-electron chi connectivity index (χ0n) is 27.3. The molecule has 3 atom stereocenters. The Kier molecular flexibility index (Phi) is 8.88. The summed E-state index contributed by atoms with van der Waals surface area (Å²) in [4.78, 5) is 29.8. The Morgan fingerprint density at radius 1 is 0.714 bits per heavy atom. The number of fused-ring (bicyclic) bond motifs is 1. The Balaban J connectivity index is 1.01. The number of carbonyl (C=O) groups excluding carboxylic acids is 2. The summed E-state index contributed by atoms with van der Waals surface area (Å²) < 4.78 is 25.3. The minimum Gasteiger partial charge on any atom is -0.392 e. The molecule has 4 aliphatic heterocycles. The molecular formula is C40H40N2O7. The summed E-state index contributed by atoms with van der Waals surface area (Å²) in [6.07, 6.45) is 1.58. The number of nitrogens with zero attached hydrogens (tertiary/aromatic N) is 2. The fourth-order valence-corrected chi connectivity index (χ4v) is 7.46. The fourth-order valence-electron chi connectivity index (χ4n) is 7.46. The van der Waals surface area contributed by atoms with Gasteiger partial charge in [0.2, 0.25) is 0 Å². The van der Waals surface area contributed by atoms with E-state index in [1.807, 2.05) is 66.7 Å². The lowest BCUT2D eigenvalue weighted by Crippen LogP contribution is -2.48. The zero-order chi connectivity index (χ0) is 33.4. The van der Waals surface area contributed by atoms with Crippen LogP contribution in [0.25, 0.3) is 11.1 Å². The lowest BCUT2D eigenvalue weighted by molar-refractivity contribution is -0.255. The standard InChI is InChI=1S/C40H40N2O7/c43-26-27-11-13-29(14-12-27)36-23-33(25-41-17-15-40(16-18-41)46-19-20-47-40)48-39(49-36)32-8-4-7-31(22-32)30-6-3-5-28(21-30)24-42-37(44)34-9-1-2-10-35(34)38(42)45/h1-14,21-22,33,36,39,43H,15-20,23-26H2/t33-,36+,39+/m1/s1. The van der Waals surface area contributed by atoms with E-state index in [0.717, 1.165) is 65.9 Å². The number of likely N-dealkylation sites (tertiary alicyclic amines) is 1. The molecule has 1 spiro atoms. The maximum atomic E-state index is 13.0. The van der Waals surface area contributed by atoms with Gasteiger partial charge < -0.3 is 29.0 Å². The maximum Gasteiger partial charge on any atom is 0.261 e. The highest BCUT2D eigenvalue weighted by Gasteiger charge is 2.41. The van der Waals surface area contributed by atoms with Gasteiger partial charge in [-0.2, -0.15) is 0 Å². The Hall–Kier alpha value is -4.22. The smallest absolute Gasteiger partial charge is 0.261 e. The lowest BCUT2D eigenvalue weighted by atomic mass is 9.97. The van der Waals surface area contributed by atoms with Crippen molar-refractivity contribution in [1.29, 1.82) is 0 Å². The largest absolute Gasteiger partial charge is 0.392 e. The minimum atomic E-state index is -0.583. The molecule has 9 heteroatoms. The molecule has 0 bridgehead atoms. The van der Waals surface area contributed by atoms with E-state index in [-0.39, 0.29) is 37.2 Å². The molecule has 0 saturated carbocycles. The van der Waals surface area contributed by atoms with Gasteiger partial charge in [-0.15, -0.1) is 0 Å². The molecule has 0 aromatic heterocycles. The molecule has 3 fully saturated rings. The van der Waals surface area contributed by atoms with Gasteiger partial charge in [-0.3, -0.25) is 14.5 Å². The van der Waals surface area contributed by atoms with E-state index in [4.69, 9.17) is 18.9 Å². The first-order chi connectivity index (χ1) is 24.0. The highest BCUT2D eigenvalue weighted by molar-refractivity contribution is 6.21. The van der Waals surface area contributed by atoms with E-state index in [9.17, 15) is 14.7 Å². The Bertz CT molecular complexity index is 1790. The third-order valence-corrected chi connectivity index (χ3v) is 10.1. The second-order valence-corrected chi connectivity index (χ2v) is 13.3. The molecule has 0 unspecified atom stereocenters. The van der Waals surface area contributed by atoms with Gasteiger partial charge in [0.05, 0.1) is 49.7 Å². The summed E-state index contributed by atoms with van der Waals surface area (Å²) >= 11 is 0. The average molecular weight is 661 g/mol. The van der Waals surface area contributed by atoms with Crippen molar-refractivity contribution in [2.24, 2.45) is 0 Å². The molecule has 2 amide bonds. The molecule has 4 aromatic carbocycles. The first kappa shape index (κ1) is 32.0. The van der Waals surface area contributed by atoms with Gasteiger partial charge >= 0.3 is 0 Å². The van der Waals surface area contributed by atoms with Crippen molar-refractivity contribution in [3.63, 3.8) is 0 Å². The molecule has 4 aliphatic rings. The molecule has 4 aromatic rings. The molecule has 9 nitrogen and oxygen atoms in total. The number of rotatable bonds is 8. The molecule has 4 heterocycles. The molecule has 8 rings (SSSR count). The number of ether oxygens (including phenoxy) is 4. The van der Waals surface area contributed by atoms with Crippen LogP contribution in [-0.2, 0) is 32.1 Å². The van der Waals surface area contributed by atoms with Gasteiger partial charge in [0, 0.05) is 44.5 Å². The van der Waals surface area contributed by atoms with Crippen LogP contribution in [0.2, 0.25) is 0 Å². The van der Waals surface area contributed by atoms with Crippen molar-refractivity contribution in [3.8, 4) is 11.1 Å². The van der Waals surface area contributed by atoms with Crippen molar-refractivity contribution in [2.75, 3.05) is 32.8 Å². The predicted molar refractivity (Wildman–Crippen MR) is 181 cm³/mol. The Morgan fingerprint density at radius 3 is 2.08 bits per heavy atom. The quantitative estimate of drug-likeness (QED) is 0.229. The first-order valence-corrected chi connectivity index (χ1v) is 17.1. The van der Waals surface area contributed by atoms with E-state index in [1.54, 1.807) is 24.3 Å². The van der Waals surface area contributed by atoms with Crippen LogP contribution in [-0.4, -0.2) is 71.5 Å². The highest BCUT2D eigenvalue weighted by Crippen LogP contribution is 2.40. The average Bonchev–Trinajstić information content (AvgIpc) is 3.71. The summed E-state index contributed by atoms with van der Waals surface area (Å²) in [5, 5.41) is 9.59. The number of benzene rings is 4. The predicted octanol–water partition coefficient (Wildman–Crippen LogP) is 6.03. The molecule has 252 valence electrons. The molecule has 0 aliphatic carbocycles. The van der Waals surface area contributed by atoms with E-state index in [1.165, 1.54) is 4.90 Å². The molecular weight excluding hydrogens is 620 g/mol. The van der Waals surface area contributed by atoms with Crippen LogP contribution in [0.1, 0.15) is 74.6 Å². The van der Waals surface area contributed by atoms with Gasteiger partial charge in [0.1, 0.15) is 0 Å². The fraction of sp³-hybridized carbons (Fsp3) is 0.350. The third kappa shape index (κ3) is 6.58. The second-order valence-electron chi connectivity index (χ2n) is 13.3. The first-order valence-electron chi connectivity index (χ1n) is 17.1. The SMILES string of the molecule is O=C1c2ccccc2C(=O)N1Cc1cccc(-c2cccc([C@H]3O[C@@H](CN4CCC5(CC4)OCCO5)C[C@@H](c4ccc(CO)cc4)O3)c2)c1. The Labute approximate surface area is 286 Å². The number of amides is 2. The monoisotopic (exact) mass is 660 g/mol. The van der Waals surface area contributed by atoms with Gasteiger partial charge in [0.25, 0.3) is 11.8 Å². The zero-order valence-corrected chi connectivity index (χ0v) is 27.3. The maximum absolute atomic E-state index is 13.0. The molecule has 1 N–H and O–H groups in total. The number of hydrogen-bond acceptors (Lipinski definition) is 8. The van der Waals surface area contributed by atoms with Crippen LogP contribution in [0, 0.1) is 0 Å². The van der Waals surface area contributed by atoms with Crippen LogP contribution in [0.5, 0.6) is 0 Å². The number of aliphatic hydroxyl groups is 1. The second kappa shape index (κ2) is 13.6. The number of piperidine rings is 1. The van der Waals surface area contributed by atoms with Gasteiger partial charge in [0.15, 0.2) is 12.1 Å². The Morgan fingerprint density at radius 2 is 1.39 bits per heavy atom. The van der Waals surface area contributed by atoms with Gasteiger partial charge in [-0.1, -0.05) is 72.8 Å². The van der Waals surface area contributed by atoms with Crippen LogP contribution in [0.3, 0.4) is 0 Å². The summed E-state index contributed by atoms with van der Waals surface area (Å²) in [7, 11) is 0. The molecule has 3 saturated heterocycles. The van der Waals surface area contributed by atoms with E-state index < -0.39 is 12.1 Å². The number of hydrogen-bond donors (Lipinski definition) is 1. The van der Waals surface area contributed by atoms with Crippen molar-refractivity contribution in [3.05, 3.63) is 130 Å². The highest BCUT2D eigenvalue weighted by atomic mass is 16.7. The van der Waals surface area contributed by atoms with E-state index >= 15 is 0 Å². The van der Waals surface area contributed by atoms with Crippen molar-refractivity contribution >= 4 is 11.8 Å². The molecule has 0 radical (unpaired) electrons. The normalized spacial score (nSPS) is 23.7. The molecule has 49 heavy (non-hydrogen) atoms. The minimum absolute atomic E-state index is 0.00364. The number of imide groups is 1. The van der Waals surface area contributed by atoms with Crippen LogP contribution in [0.4, 0.5) is 0 Å². The van der Waals surface area contributed by atoms with Crippen molar-refractivity contribution in [2.45, 2.75) is 56.7 Å². The number of carbonyl (C=O) groups is 2. The van der Waals surface area contributed by atoms with Crippen LogP contribution in [0.15, 0.2) is 97.1 Å². The summed E-state index contributed by atoms with van der Waals surface area (Å²) in [6.45, 7) is 4.07. The summed E-state index contributed by atoms with van der Waals surface area (Å²) in [5.41, 5.74) is 6.55. The van der Waals surface area contributed by atoms with E-state index in [2.05, 4.69) is 11.0 Å². The third-order valence-electron chi connectivity index (χ3n) is 10.1. The summed E-state index contributed by atoms with van der Waals surface area (Å²) in [5.74, 6) is -0.951.